The van der Waals surface area contributed by atoms with E-state index in [1.165, 1.54) is 0 Å². The second-order valence-corrected chi connectivity index (χ2v) is 19.1. The highest BCUT2D eigenvalue weighted by atomic mass is 32.2. The molecule has 2 atom stereocenters. The number of fused-ring (bicyclic) bond motifs is 2. The molecule has 3 heterocycles. The summed E-state index contributed by atoms with van der Waals surface area (Å²) in [5.41, 5.74) is 2.82. The van der Waals surface area contributed by atoms with Gasteiger partial charge < -0.3 is 50.4 Å². The Bertz CT molecular complexity index is 2700. The van der Waals surface area contributed by atoms with Gasteiger partial charge in [0.2, 0.25) is 35.4 Å². The van der Waals surface area contributed by atoms with Crippen molar-refractivity contribution in [3.8, 4) is 11.8 Å². The minimum Gasteiger partial charge on any atom is -0.379 e. The number of hydrogen-bond acceptors (Lipinski definition) is 16. The molecular weight excluding hydrogens is 1040 g/mol. The first kappa shape index (κ1) is 61.2. The van der Waals surface area contributed by atoms with E-state index in [1.807, 2.05) is 24.3 Å². The number of rotatable bonds is 35. The lowest BCUT2D eigenvalue weighted by atomic mass is 10.0. The number of imide groups is 2. The third kappa shape index (κ3) is 20.7. The number of para-hydroxylation sites is 1. The van der Waals surface area contributed by atoms with Crippen LogP contribution in [0.4, 0.5) is 5.69 Å². The molecule has 3 aliphatic heterocycles. The standard InChI is InChI=1S/C52H64N8O17S/c61-43(19-25-58-46(64)14-15-47(58)65)53-22-6-5-10-40(57-45(63)20-26-59-48(66)16-17-49(59)67)51(69)55-24-28-75-30-32-77-34-33-76-31-29-74-27-21-44(62)56-35-42(78(71,72)73)52(70)54-23-18-50(68)60-36-39-9-2-1-7-37(39)12-13-38-8-3-4-11-41(38)60/h1-4,7-9,11,14-17,40,42H,5-6,10,18-36H2,(H,53,61)(H,54,70)(H,55,69)(H,56,62)(H,57,63)(H,71,72,73)/t40-,42?/m1/s1. The van der Waals surface area contributed by atoms with Crippen LogP contribution in [0.5, 0.6) is 0 Å². The Balaban J connectivity index is 0.877. The number of carbonyl (C=O) groups excluding carboxylic acids is 10. The van der Waals surface area contributed by atoms with Gasteiger partial charge in [0.15, 0.2) is 5.25 Å². The summed E-state index contributed by atoms with van der Waals surface area (Å²) in [6, 6.07) is 13.6. The van der Waals surface area contributed by atoms with Gasteiger partial charge in [0, 0.05) is 100 Å². The fraction of sp³-hybridized carbons (Fsp3) is 0.462. The molecule has 0 radical (unpaired) electrons. The van der Waals surface area contributed by atoms with E-state index in [1.54, 1.807) is 29.2 Å². The smallest absolute Gasteiger partial charge is 0.278 e. The molecule has 5 rings (SSSR count). The zero-order valence-electron chi connectivity index (χ0n) is 42.9. The number of nitrogens with one attached hydrogen (secondary N) is 5. The molecule has 0 aliphatic carbocycles. The Morgan fingerprint density at radius 2 is 1.09 bits per heavy atom. The quantitative estimate of drug-likeness (QED) is 0.0204. The zero-order valence-corrected chi connectivity index (χ0v) is 43.7. The fourth-order valence-corrected chi connectivity index (χ4v) is 8.38. The summed E-state index contributed by atoms with van der Waals surface area (Å²) in [4.78, 5) is 127. The van der Waals surface area contributed by atoms with Gasteiger partial charge in [-0.1, -0.05) is 42.2 Å². The molecule has 0 saturated heterocycles. The van der Waals surface area contributed by atoms with Gasteiger partial charge in [-0.2, -0.15) is 8.42 Å². The minimum atomic E-state index is -4.95. The lowest BCUT2D eigenvalue weighted by Crippen LogP contribution is -2.48. The zero-order chi connectivity index (χ0) is 56.3. The molecule has 0 spiro atoms. The maximum atomic E-state index is 13.5. The summed E-state index contributed by atoms with van der Waals surface area (Å²) in [5.74, 6) is 0.666. The van der Waals surface area contributed by atoms with Crippen LogP contribution in [-0.2, 0) is 83.6 Å². The van der Waals surface area contributed by atoms with Gasteiger partial charge in [-0.05, 0) is 43.0 Å². The average Bonchev–Trinajstić information content (AvgIpc) is 3.92. The normalized spacial score (nSPS) is 14.4. The molecule has 6 N–H and O–H groups in total. The number of ether oxygens (including phenoxy) is 4. The predicted molar refractivity (Wildman–Crippen MR) is 277 cm³/mol. The largest absolute Gasteiger partial charge is 0.379 e. The molecule has 3 aliphatic rings. The van der Waals surface area contributed by atoms with Crippen LogP contribution < -0.4 is 31.5 Å². The van der Waals surface area contributed by atoms with Crippen LogP contribution in [0.15, 0.2) is 72.8 Å². The van der Waals surface area contributed by atoms with E-state index in [-0.39, 0.29) is 136 Å². The molecule has 1 unspecified atom stereocenters. The van der Waals surface area contributed by atoms with E-state index in [0.717, 1.165) is 45.2 Å². The number of carbonyl (C=O) groups is 10. The number of amides is 10. The number of nitrogens with zero attached hydrogens (tertiary/aromatic N) is 3. The van der Waals surface area contributed by atoms with Crippen LogP contribution in [0, 0.1) is 11.8 Å². The van der Waals surface area contributed by atoms with Gasteiger partial charge in [-0.3, -0.25) is 62.3 Å². The van der Waals surface area contributed by atoms with Gasteiger partial charge in [0.25, 0.3) is 33.7 Å². The van der Waals surface area contributed by atoms with Crippen LogP contribution in [0.2, 0.25) is 0 Å². The SMILES string of the molecule is O=C(CCN1C(=O)C=CC1=O)NCCCC[C@@H](NC(=O)CCN1C(=O)C=CC1=O)C(=O)NCCOCCOCCOCCOCCC(=O)NCC(C(=O)NCCC(=O)N1Cc2ccccc2C#Cc2ccccc21)S(=O)(=O)O. The van der Waals surface area contributed by atoms with E-state index in [9.17, 15) is 60.9 Å². The average molecular weight is 1110 g/mol. The molecule has 78 heavy (non-hydrogen) atoms. The van der Waals surface area contributed by atoms with Crippen LogP contribution in [-0.4, -0.2) is 185 Å². The molecular formula is C52H64N8O17S. The van der Waals surface area contributed by atoms with Crippen molar-refractivity contribution in [2.45, 2.75) is 62.8 Å². The van der Waals surface area contributed by atoms with Crippen molar-refractivity contribution in [2.75, 3.05) is 97.0 Å². The highest BCUT2D eigenvalue weighted by Crippen LogP contribution is 2.26. The summed E-state index contributed by atoms with van der Waals surface area (Å²) in [7, 11) is -4.95. The first-order chi connectivity index (χ1) is 37.5. The number of hydrogen-bond donors (Lipinski definition) is 6. The van der Waals surface area contributed by atoms with Gasteiger partial charge in [0.05, 0.1) is 65.1 Å². The van der Waals surface area contributed by atoms with Crippen molar-refractivity contribution in [1.29, 1.82) is 0 Å². The summed E-state index contributed by atoms with van der Waals surface area (Å²) in [5, 5.41) is 10.7. The van der Waals surface area contributed by atoms with Crippen LogP contribution in [0.25, 0.3) is 0 Å². The van der Waals surface area contributed by atoms with Crippen molar-refractivity contribution < 1.29 is 79.9 Å². The first-order valence-corrected chi connectivity index (χ1v) is 26.7. The van der Waals surface area contributed by atoms with Crippen molar-refractivity contribution in [3.63, 3.8) is 0 Å². The summed E-state index contributed by atoms with van der Waals surface area (Å²) in [6.07, 6.45) is 4.84. The molecule has 0 saturated carbocycles. The van der Waals surface area contributed by atoms with Crippen LogP contribution in [0.1, 0.15) is 61.6 Å². The predicted octanol–water partition coefficient (Wildman–Crippen LogP) is -1.21. The Labute approximate surface area is 450 Å². The van der Waals surface area contributed by atoms with Gasteiger partial charge in [-0.15, -0.1) is 0 Å². The minimum absolute atomic E-state index is 0.0559. The molecule has 0 fully saturated rings. The maximum absolute atomic E-state index is 13.5. The molecule has 420 valence electrons. The van der Waals surface area contributed by atoms with Crippen molar-refractivity contribution in [1.82, 2.24) is 36.4 Å². The summed E-state index contributed by atoms with van der Waals surface area (Å²) >= 11 is 0. The molecule has 10 amide bonds. The number of anilines is 1. The van der Waals surface area contributed by atoms with Crippen molar-refractivity contribution >= 4 is 74.9 Å². The third-order valence-corrected chi connectivity index (χ3v) is 13.0. The third-order valence-electron chi connectivity index (χ3n) is 11.9. The first-order valence-electron chi connectivity index (χ1n) is 25.2. The second-order valence-electron chi connectivity index (χ2n) is 17.5. The summed E-state index contributed by atoms with van der Waals surface area (Å²) < 4.78 is 55.8. The van der Waals surface area contributed by atoms with Gasteiger partial charge >= 0.3 is 0 Å². The van der Waals surface area contributed by atoms with E-state index >= 15 is 0 Å². The van der Waals surface area contributed by atoms with Crippen LogP contribution in [0.3, 0.4) is 0 Å². The van der Waals surface area contributed by atoms with E-state index in [4.69, 9.17) is 18.9 Å². The second kappa shape index (κ2) is 32.2. The van der Waals surface area contributed by atoms with E-state index in [2.05, 4.69) is 38.4 Å². The van der Waals surface area contributed by atoms with E-state index < -0.39 is 75.2 Å². The molecule has 2 aromatic carbocycles. The fourth-order valence-electron chi connectivity index (χ4n) is 7.73. The lowest BCUT2D eigenvalue weighted by Gasteiger charge is -2.26. The Morgan fingerprint density at radius 3 is 1.72 bits per heavy atom. The molecule has 25 nitrogen and oxygen atoms in total. The number of benzene rings is 2. The van der Waals surface area contributed by atoms with Crippen molar-refractivity contribution in [2.24, 2.45) is 0 Å². The molecule has 0 aromatic heterocycles. The van der Waals surface area contributed by atoms with Crippen LogP contribution >= 0.6 is 0 Å². The Hall–Kier alpha value is -7.67. The molecule has 2 aromatic rings. The topological polar surface area (TPSA) is 332 Å². The Kier molecular flexibility index (Phi) is 25.2. The van der Waals surface area contributed by atoms with Crippen molar-refractivity contribution in [3.05, 3.63) is 89.5 Å². The lowest BCUT2D eigenvalue weighted by molar-refractivity contribution is -0.139. The number of unbranched alkanes of at least 4 members (excludes halogenated alkanes) is 1. The van der Waals surface area contributed by atoms with Gasteiger partial charge in [-0.25, -0.2) is 0 Å². The van der Waals surface area contributed by atoms with E-state index in [0.29, 0.717) is 24.1 Å². The molecule has 0 bridgehead atoms. The van der Waals surface area contributed by atoms with Gasteiger partial charge in [0.1, 0.15) is 6.04 Å². The molecule has 26 heteroatoms. The summed E-state index contributed by atoms with van der Waals surface area (Å²) in [6.45, 7) is 0.549. The highest BCUT2D eigenvalue weighted by Gasteiger charge is 2.32. The monoisotopic (exact) mass is 1100 g/mol. The Morgan fingerprint density at radius 1 is 0.564 bits per heavy atom. The maximum Gasteiger partial charge on any atom is 0.278 e. The highest BCUT2D eigenvalue weighted by molar-refractivity contribution is 7.87.